The average Bonchev–Trinajstić information content (AvgIpc) is 2.88. The highest BCUT2D eigenvalue weighted by molar-refractivity contribution is 6.09. The van der Waals surface area contributed by atoms with Gasteiger partial charge in [-0.3, -0.25) is 19.8 Å². The van der Waals surface area contributed by atoms with E-state index in [0.29, 0.717) is 23.7 Å². The first-order valence-electron chi connectivity index (χ1n) is 12.9. The van der Waals surface area contributed by atoms with E-state index in [-0.39, 0.29) is 24.3 Å². The van der Waals surface area contributed by atoms with Gasteiger partial charge >= 0.3 is 6.03 Å². The number of carbonyl (C=O) groups is 3. The molecule has 2 aromatic rings. The van der Waals surface area contributed by atoms with Gasteiger partial charge in [0.1, 0.15) is 0 Å². The summed E-state index contributed by atoms with van der Waals surface area (Å²) >= 11 is 0. The Balaban J connectivity index is 1.24. The Hall–Kier alpha value is -3.19. The molecule has 0 aromatic heterocycles. The smallest absolute Gasteiger partial charge is 0.328 e. The molecule has 3 saturated heterocycles. The van der Waals surface area contributed by atoms with Crippen molar-refractivity contribution in [2.45, 2.75) is 44.6 Å². The van der Waals surface area contributed by atoms with E-state index in [1.165, 1.54) is 10.5 Å². The highest BCUT2D eigenvalue weighted by Gasteiger charge is 2.39. The number of anilines is 1. The zero-order valence-corrected chi connectivity index (χ0v) is 20.2. The van der Waals surface area contributed by atoms with Crippen LogP contribution in [0.3, 0.4) is 0 Å². The molecule has 2 aromatic carbocycles. The Labute approximate surface area is 207 Å². The van der Waals surface area contributed by atoms with Crippen LogP contribution in [-0.4, -0.2) is 66.4 Å². The van der Waals surface area contributed by atoms with Gasteiger partial charge in [-0.15, -0.1) is 0 Å². The molecule has 1 N–H and O–H groups in total. The van der Waals surface area contributed by atoms with Crippen LogP contribution >= 0.6 is 0 Å². The van der Waals surface area contributed by atoms with Crippen LogP contribution in [0.4, 0.5) is 10.5 Å². The van der Waals surface area contributed by atoms with E-state index in [1.54, 1.807) is 6.07 Å². The molecule has 0 bridgehead atoms. The molecule has 4 amide bonds. The number of rotatable bonds is 6. The largest absolute Gasteiger partial charge is 0.335 e. The van der Waals surface area contributed by atoms with E-state index in [4.69, 9.17) is 0 Å². The maximum absolute atomic E-state index is 13.8. The minimum Gasteiger partial charge on any atom is -0.335 e. The topological polar surface area (TPSA) is 73.0 Å². The molecule has 5 rings (SSSR count). The lowest BCUT2D eigenvalue weighted by atomic mass is 9.83. The fraction of sp³-hybridized carbons (Fsp3) is 0.464. The fourth-order valence-electron chi connectivity index (χ4n) is 5.92. The number of piperidine rings is 2. The molecular formula is C28H34N4O3. The number of benzene rings is 2. The summed E-state index contributed by atoms with van der Waals surface area (Å²) in [6, 6.07) is 17.7. The summed E-state index contributed by atoms with van der Waals surface area (Å²) in [6.07, 6.45) is 5.64. The van der Waals surface area contributed by atoms with Crippen molar-refractivity contribution in [1.29, 1.82) is 0 Å². The van der Waals surface area contributed by atoms with Gasteiger partial charge in [-0.05, 0) is 62.3 Å². The molecule has 0 spiro atoms. The van der Waals surface area contributed by atoms with Gasteiger partial charge < -0.3 is 9.80 Å². The molecule has 7 nitrogen and oxygen atoms in total. The quantitative estimate of drug-likeness (QED) is 0.693. The summed E-state index contributed by atoms with van der Waals surface area (Å²) < 4.78 is 0. The predicted octanol–water partition coefficient (Wildman–Crippen LogP) is 3.69. The van der Waals surface area contributed by atoms with Crippen LogP contribution in [0.5, 0.6) is 0 Å². The normalized spacial score (nSPS) is 23.1. The number of likely N-dealkylation sites (tertiary alicyclic amines) is 2. The van der Waals surface area contributed by atoms with Gasteiger partial charge in [-0.2, -0.15) is 0 Å². The number of hydrogen-bond acceptors (Lipinski definition) is 4. The molecule has 3 fully saturated rings. The molecule has 7 heteroatoms. The first-order chi connectivity index (χ1) is 17.1. The Bertz CT molecular complexity index is 1070. The van der Waals surface area contributed by atoms with E-state index in [9.17, 15) is 14.4 Å². The van der Waals surface area contributed by atoms with Gasteiger partial charge in [0, 0.05) is 38.6 Å². The zero-order valence-electron chi connectivity index (χ0n) is 20.2. The van der Waals surface area contributed by atoms with E-state index in [1.807, 2.05) is 18.2 Å². The standard InChI is InChI=1S/C28H34N4O3/c33-26-15-19-32(28(35)29-26)25-13-5-4-12-23(25)27(34)31-17-7-11-22-20-30(18-14-24(22)31)16-6-10-21-8-2-1-3-9-21/h1-5,8-9,12-13,22,24H,6-7,10-11,14-20H2,(H,29,33,35)/t22-,24+/m1/s1. The molecule has 0 aliphatic carbocycles. The number of amides is 4. The fourth-order valence-corrected chi connectivity index (χ4v) is 5.92. The van der Waals surface area contributed by atoms with Crippen LogP contribution in [0.1, 0.15) is 48.0 Å². The highest BCUT2D eigenvalue weighted by atomic mass is 16.2. The third-order valence-corrected chi connectivity index (χ3v) is 7.67. The number of carbonyl (C=O) groups excluding carboxylic acids is 3. The maximum atomic E-state index is 13.8. The second kappa shape index (κ2) is 10.6. The number of fused-ring (bicyclic) bond motifs is 1. The predicted molar refractivity (Wildman–Crippen MR) is 135 cm³/mol. The second-order valence-corrected chi connectivity index (χ2v) is 9.92. The summed E-state index contributed by atoms with van der Waals surface area (Å²) in [6.45, 7) is 4.20. The molecule has 0 unspecified atom stereocenters. The first-order valence-corrected chi connectivity index (χ1v) is 12.9. The van der Waals surface area contributed by atoms with Gasteiger partial charge in [0.05, 0.1) is 11.3 Å². The number of hydrogen-bond donors (Lipinski definition) is 1. The summed E-state index contributed by atoms with van der Waals surface area (Å²) in [5, 5.41) is 2.37. The molecule has 184 valence electrons. The number of nitrogens with one attached hydrogen (secondary N) is 1. The van der Waals surface area contributed by atoms with Crippen molar-refractivity contribution in [3.63, 3.8) is 0 Å². The van der Waals surface area contributed by atoms with Crippen molar-refractivity contribution in [2.75, 3.05) is 37.6 Å². The molecule has 0 saturated carbocycles. The Morgan fingerprint density at radius 3 is 2.57 bits per heavy atom. The van der Waals surface area contributed by atoms with Gasteiger partial charge in [0.15, 0.2) is 0 Å². The summed E-state index contributed by atoms with van der Waals surface area (Å²) in [5.74, 6) is 0.211. The molecule has 35 heavy (non-hydrogen) atoms. The molecule has 3 aliphatic rings. The highest BCUT2D eigenvalue weighted by Crippen LogP contribution is 2.33. The van der Waals surface area contributed by atoms with Crippen molar-refractivity contribution in [3.8, 4) is 0 Å². The lowest BCUT2D eigenvalue weighted by Gasteiger charge is -2.47. The molecular weight excluding hydrogens is 440 g/mol. The second-order valence-electron chi connectivity index (χ2n) is 9.92. The Kier molecular flexibility index (Phi) is 7.13. The van der Waals surface area contributed by atoms with E-state index in [0.717, 1.165) is 58.3 Å². The third kappa shape index (κ3) is 5.25. The Morgan fingerprint density at radius 2 is 1.74 bits per heavy atom. The number of aryl methyl sites for hydroxylation is 1. The lowest BCUT2D eigenvalue weighted by Crippen LogP contribution is -2.56. The van der Waals surface area contributed by atoms with Crippen LogP contribution in [0.15, 0.2) is 54.6 Å². The van der Waals surface area contributed by atoms with E-state index >= 15 is 0 Å². The van der Waals surface area contributed by atoms with Crippen LogP contribution < -0.4 is 10.2 Å². The van der Waals surface area contributed by atoms with Crippen LogP contribution in [0, 0.1) is 5.92 Å². The van der Waals surface area contributed by atoms with Crippen LogP contribution in [0.25, 0.3) is 0 Å². The van der Waals surface area contributed by atoms with Crippen LogP contribution in [0.2, 0.25) is 0 Å². The number of nitrogens with zero attached hydrogens (tertiary/aromatic N) is 3. The van der Waals surface area contributed by atoms with E-state index in [2.05, 4.69) is 45.4 Å². The first kappa shape index (κ1) is 23.5. The molecule has 3 heterocycles. The van der Waals surface area contributed by atoms with Gasteiger partial charge in [0.2, 0.25) is 5.91 Å². The minimum atomic E-state index is -0.457. The SMILES string of the molecule is O=C1CCN(c2ccccc2C(=O)N2CCC[C@@H]3CN(CCCc4ccccc4)CC[C@@H]32)C(=O)N1. The molecule has 0 radical (unpaired) electrons. The van der Waals surface area contributed by atoms with Gasteiger partial charge in [0.25, 0.3) is 5.91 Å². The summed E-state index contributed by atoms with van der Waals surface area (Å²) in [4.78, 5) is 44.0. The monoisotopic (exact) mass is 474 g/mol. The lowest BCUT2D eigenvalue weighted by molar-refractivity contribution is -0.120. The number of urea groups is 1. The van der Waals surface area contributed by atoms with Crippen molar-refractivity contribution in [1.82, 2.24) is 15.1 Å². The molecule has 3 aliphatic heterocycles. The van der Waals surface area contributed by atoms with Crippen molar-refractivity contribution in [2.24, 2.45) is 5.92 Å². The third-order valence-electron chi connectivity index (χ3n) is 7.67. The minimum absolute atomic E-state index is 0.00229. The van der Waals surface area contributed by atoms with Crippen molar-refractivity contribution in [3.05, 3.63) is 65.7 Å². The summed E-state index contributed by atoms with van der Waals surface area (Å²) in [7, 11) is 0. The zero-order chi connectivity index (χ0) is 24.2. The van der Waals surface area contributed by atoms with Crippen molar-refractivity contribution >= 4 is 23.5 Å². The van der Waals surface area contributed by atoms with E-state index < -0.39 is 6.03 Å². The molecule has 2 atom stereocenters. The van der Waals surface area contributed by atoms with Gasteiger partial charge in [-0.1, -0.05) is 42.5 Å². The maximum Gasteiger partial charge on any atom is 0.328 e. The van der Waals surface area contributed by atoms with Gasteiger partial charge in [-0.25, -0.2) is 4.79 Å². The number of imide groups is 1. The average molecular weight is 475 g/mol. The summed E-state index contributed by atoms with van der Waals surface area (Å²) in [5.41, 5.74) is 2.52. The number of para-hydroxylation sites is 1. The van der Waals surface area contributed by atoms with Crippen molar-refractivity contribution < 1.29 is 14.4 Å². The van der Waals surface area contributed by atoms with Crippen LogP contribution in [-0.2, 0) is 11.2 Å². The Morgan fingerprint density at radius 1 is 0.943 bits per heavy atom.